The SMILES string of the molecule is CNCCC(C)CN1C(=O)c2cnc3[nH]ncc3c2C1=O. The number of pyridine rings is 1. The zero-order chi connectivity index (χ0) is 15.0. The van der Waals surface area contributed by atoms with E-state index in [0.717, 1.165) is 13.0 Å². The predicted molar refractivity (Wildman–Crippen MR) is 77.0 cm³/mol. The van der Waals surface area contributed by atoms with Crippen LogP contribution in [0.5, 0.6) is 0 Å². The van der Waals surface area contributed by atoms with Crippen molar-refractivity contribution in [3.63, 3.8) is 0 Å². The van der Waals surface area contributed by atoms with Gasteiger partial charge < -0.3 is 5.32 Å². The maximum atomic E-state index is 12.5. The Morgan fingerprint density at radius 2 is 2.14 bits per heavy atom. The van der Waals surface area contributed by atoms with Crippen LogP contribution in [0.15, 0.2) is 12.4 Å². The molecule has 2 N–H and O–H groups in total. The number of amides is 2. The molecule has 7 heteroatoms. The summed E-state index contributed by atoms with van der Waals surface area (Å²) in [4.78, 5) is 30.4. The molecule has 1 unspecified atom stereocenters. The fourth-order valence-electron chi connectivity index (χ4n) is 2.62. The molecule has 3 rings (SSSR count). The Kier molecular flexibility index (Phi) is 3.42. The summed E-state index contributed by atoms with van der Waals surface area (Å²) in [5.41, 5.74) is 1.31. The first-order valence-electron chi connectivity index (χ1n) is 6.96. The molecule has 1 atom stereocenters. The van der Waals surface area contributed by atoms with E-state index in [9.17, 15) is 9.59 Å². The lowest BCUT2D eigenvalue weighted by Crippen LogP contribution is -2.34. The summed E-state index contributed by atoms with van der Waals surface area (Å²) in [6.07, 6.45) is 3.90. The second-order valence-electron chi connectivity index (χ2n) is 5.40. The van der Waals surface area contributed by atoms with Crippen LogP contribution in [0, 0.1) is 5.92 Å². The molecular weight excluding hydrogens is 270 g/mol. The van der Waals surface area contributed by atoms with Crippen LogP contribution in [-0.4, -0.2) is 52.0 Å². The summed E-state index contributed by atoms with van der Waals surface area (Å²) < 4.78 is 0. The maximum absolute atomic E-state index is 12.5. The standard InChI is InChI=1S/C14H17N5O2/c1-8(3-4-15-2)7-19-13(20)10-5-16-12-9(6-17-18-12)11(10)14(19)21/h5-6,8,15H,3-4,7H2,1-2H3,(H,16,17,18). The topological polar surface area (TPSA) is 91.0 Å². The average molecular weight is 287 g/mol. The van der Waals surface area contributed by atoms with Gasteiger partial charge in [-0.3, -0.25) is 19.6 Å². The number of H-pyrrole nitrogens is 1. The third-order valence-electron chi connectivity index (χ3n) is 3.80. The molecule has 2 aromatic heterocycles. The number of hydrogen-bond acceptors (Lipinski definition) is 5. The van der Waals surface area contributed by atoms with Gasteiger partial charge in [0.05, 0.1) is 22.7 Å². The monoisotopic (exact) mass is 287 g/mol. The van der Waals surface area contributed by atoms with Crippen molar-refractivity contribution in [2.75, 3.05) is 20.1 Å². The number of aromatic amines is 1. The Hall–Kier alpha value is -2.28. The second-order valence-corrected chi connectivity index (χ2v) is 5.40. The van der Waals surface area contributed by atoms with Crippen LogP contribution in [-0.2, 0) is 0 Å². The quantitative estimate of drug-likeness (QED) is 0.794. The van der Waals surface area contributed by atoms with Crippen LogP contribution >= 0.6 is 0 Å². The minimum Gasteiger partial charge on any atom is -0.320 e. The van der Waals surface area contributed by atoms with Crippen molar-refractivity contribution in [2.24, 2.45) is 5.92 Å². The molecule has 0 spiro atoms. The van der Waals surface area contributed by atoms with Crippen molar-refractivity contribution < 1.29 is 9.59 Å². The van der Waals surface area contributed by atoms with E-state index in [0.29, 0.717) is 28.7 Å². The van der Waals surface area contributed by atoms with Crippen molar-refractivity contribution in [3.05, 3.63) is 23.5 Å². The molecule has 110 valence electrons. The molecule has 0 radical (unpaired) electrons. The maximum Gasteiger partial charge on any atom is 0.263 e. The summed E-state index contributed by atoms with van der Waals surface area (Å²) in [5, 5.41) is 10.3. The van der Waals surface area contributed by atoms with E-state index in [2.05, 4.69) is 20.5 Å². The van der Waals surface area contributed by atoms with E-state index in [1.807, 2.05) is 14.0 Å². The van der Waals surface area contributed by atoms with Gasteiger partial charge in [0.1, 0.15) is 0 Å². The number of aromatic nitrogens is 3. The normalized spacial score (nSPS) is 15.8. The molecule has 0 aromatic carbocycles. The zero-order valence-corrected chi connectivity index (χ0v) is 12.0. The van der Waals surface area contributed by atoms with Gasteiger partial charge in [0.2, 0.25) is 0 Å². The summed E-state index contributed by atoms with van der Waals surface area (Å²) in [6, 6.07) is 0. The second kappa shape index (κ2) is 5.25. The molecule has 0 aliphatic carbocycles. The van der Waals surface area contributed by atoms with Crippen molar-refractivity contribution >= 4 is 22.8 Å². The van der Waals surface area contributed by atoms with Gasteiger partial charge in [-0.15, -0.1) is 0 Å². The highest BCUT2D eigenvalue weighted by Gasteiger charge is 2.38. The molecular formula is C14H17N5O2. The van der Waals surface area contributed by atoms with Crippen molar-refractivity contribution in [3.8, 4) is 0 Å². The predicted octanol–water partition coefficient (Wildman–Crippen LogP) is 0.799. The van der Waals surface area contributed by atoms with Gasteiger partial charge in [-0.2, -0.15) is 5.10 Å². The number of nitrogens with one attached hydrogen (secondary N) is 2. The fraction of sp³-hybridized carbons (Fsp3) is 0.429. The highest BCUT2D eigenvalue weighted by atomic mass is 16.2. The van der Waals surface area contributed by atoms with Crippen LogP contribution < -0.4 is 5.32 Å². The lowest BCUT2D eigenvalue weighted by molar-refractivity contribution is 0.0631. The van der Waals surface area contributed by atoms with Gasteiger partial charge in [0.15, 0.2) is 5.65 Å². The van der Waals surface area contributed by atoms with E-state index in [1.54, 1.807) is 6.20 Å². The zero-order valence-electron chi connectivity index (χ0n) is 12.0. The van der Waals surface area contributed by atoms with Gasteiger partial charge in [-0.1, -0.05) is 6.92 Å². The highest BCUT2D eigenvalue weighted by molar-refractivity contribution is 6.25. The number of hydrogen-bond donors (Lipinski definition) is 2. The molecule has 0 saturated carbocycles. The summed E-state index contributed by atoms with van der Waals surface area (Å²) in [5.74, 6) is -0.269. The molecule has 21 heavy (non-hydrogen) atoms. The van der Waals surface area contributed by atoms with Crippen LogP contribution in [0.3, 0.4) is 0 Å². The number of fused-ring (bicyclic) bond motifs is 3. The number of carbonyl (C=O) groups excluding carboxylic acids is 2. The summed E-state index contributed by atoms with van der Waals surface area (Å²) >= 11 is 0. The van der Waals surface area contributed by atoms with Gasteiger partial charge in [0.25, 0.3) is 11.8 Å². The molecule has 2 amide bonds. The minimum atomic E-state index is -0.262. The van der Waals surface area contributed by atoms with Crippen LogP contribution in [0.25, 0.3) is 11.0 Å². The molecule has 1 aliphatic rings. The Bertz CT molecular complexity index is 708. The largest absolute Gasteiger partial charge is 0.320 e. The van der Waals surface area contributed by atoms with Crippen LogP contribution in [0.2, 0.25) is 0 Å². The lowest BCUT2D eigenvalue weighted by atomic mass is 10.1. The van der Waals surface area contributed by atoms with Crippen LogP contribution in [0.4, 0.5) is 0 Å². The van der Waals surface area contributed by atoms with Crippen molar-refractivity contribution in [2.45, 2.75) is 13.3 Å². The first-order valence-corrected chi connectivity index (χ1v) is 6.96. The van der Waals surface area contributed by atoms with Gasteiger partial charge >= 0.3 is 0 Å². The van der Waals surface area contributed by atoms with E-state index in [-0.39, 0.29) is 17.7 Å². The van der Waals surface area contributed by atoms with Gasteiger partial charge in [-0.25, -0.2) is 4.98 Å². The highest BCUT2D eigenvalue weighted by Crippen LogP contribution is 2.28. The van der Waals surface area contributed by atoms with Crippen molar-refractivity contribution in [1.29, 1.82) is 0 Å². The number of carbonyl (C=O) groups is 2. The number of nitrogens with zero attached hydrogens (tertiary/aromatic N) is 3. The fourth-order valence-corrected chi connectivity index (χ4v) is 2.62. The summed E-state index contributed by atoms with van der Waals surface area (Å²) in [6.45, 7) is 3.32. The molecule has 0 saturated heterocycles. The average Bonchev–Trinajstić information content (AvgIpc) is 3.04. The lowest BCUT2D eigenvalue weighted by Gasteiger charge is -2.19. The molecule has 0 fully saturated rings. The molecule has 3 heterocycles. The van der Waals surface area contributed by atoms with Gasteiger partial charge in [-0.05, 0) is 25.9 Å². The first kappa shape index (κ1) is 13.7. The molecule has 0 bridgehead atoms. The molecule has 7 nitrogen and oxygen atoms in total. The number of rotatable bonds is 5. The Morgan fingerprint density at radius 3 is 2.90 bits per heavy atom. The minimum absolute atomic E-state index is 0.243. The Morgan fingerprint density at radius 1 is 1.33 bits per heavy atom. The smallest absolute Gasteiger partial charge is 0.263 e. The van der Waals surface area contributed by atoms with Crippen LogP contribution in [0.1, 0.15) is 34.1 Å². The summed E-state index contributed by atoms with van der Waals surface area (Å²) in [7, 11) is 1.88. The Labute approximate surface area is 121 Å². The molecule has 1 aliphatic heterocycles. The van der Waals surface area contributed by atoms with E-state index in [4.69, 9.17) is 0 Å². The van der Waals surface area contributed by atoms with E-state index >= 15 is 0 Å². The third-order valence-corrected chi connectivity index (χ3v) is 3.80. The van der Waals surface area contributed by atoms with Crippen molar-refractivity contribution in [1.82, 2.24) is 25.4 Å². The molecule has 2 aromatic rings. The van der Waals surface area contributed by atoms with Gasteiger partial charge in [0, 0.05) is 12.7 Å². The number of imide groups is 1. The van der Waals surface area contributed by atoms with E-state index in [1.165, 1.54) is 11.1 Å². The first-order chi connectivity index (χ1) is 10.1. The van der Waals surface area contributed by atoms with E-state index < -0.39 is 0 Å². The Balaban J connectivity index is 1.90. The third kappa shape index (κ3) is 2.19.